The molecule has 0 spiro atoms. The van der Waals surface area contributed by atoms with Crippen molar-refractivity contribution < 1.29 is 9.53 Å². The fourth-order valence-electron chi connectivity index (χ4n) is 2.49. The van der Waals surface area contributed by atoms with Gasteiger partial charge in [-0.15, -0.1) is 0 Å². The van der Waals surface area contributed by atoms with Crippen molar-refractivity contribution in [2.75, 3.05) is 7.11 Å². The molecule has 0 heterocycles. The summed E-state index contributed by atoms with van der Waals surface area (Å²) in [5, 5.41) is 18.5. The Hall–Kier alpha value is -3.11. The van der Waals surface area contributed by atoms with Crippen LogP contribution in [0.15, 0.2) is 54.6 Å². The van der Waals surface area contributed by atoms with Crippen LogP contribution in [0.1, 0.15) is 27.4 Å². The fourth-order valence-corrected chi connectivity index (χ4v) is 2.49. The lowest BCUT2D eigenvalue weighted by Gasteiger charge is -2.18. The van der Waals surface area contributed by atoms with Crippen molar-refractivity contribution in [1.29, 1.82) is 10.5 Å². The topological polar surface area (TPSA) is 73.9 Å². The first-order valence-electron chi connectivity index (χ1n) is 7.21. The second kappa shape index (κ2) is 7.77. The summed E-state index contributed by atoms with van der Waals surface area (Å²) in [7, 11) is 1.33. The lowest BCUT2D eigenvalue weighted by Crippen LogP contribution is -2.13. The number of benzene rings is 2. The van der Waals surface area contributed by atoms with Gasteiger partial charge in [0.1, 0.15) is 5.92 Å². The van der Waals surface area contributed by atoms with Crippen molar-refractivity contribution in [2.45, 2.75) is 12.3 Å². The Labute approximate surface area is 135 Å². The van der Waals surface area contributed by atoms with E-state index in [1.54, 1.807) is 24.3 Å². The van der Waals surface area contributed by atoms with E-state index in [9.17, 15) is 15.3 Å². The molecule has 0 bridgehead atoms. The molecular formula is C19H16N2O2. The largest absolute Gasteiger partial charge is 0.465 e. The molecule has 0 fully saturated rings. The van der Waals surface area contributed by atoms with E-state index in [0.29, 0.717) is 12.0 Å². The van der Waals surface area contributed by atoms with Gasteiger partial charge in [0.2, 0.25) is 0 Å². The average molecular weight is 304 g/mol. The highest BCUT2D eigenvalue weighted by Crippen LogP contribution is 2.28. The van der Waals surface area contributed by atoms with E-state index < -0.39 is 11.9 Å². The number of carbonyl (C=O) groups is 1. The van der Waals surface area contributed by atoms with E-state index in [4.69, 9.17) is 0 Å². The molecule has 23 heavy (non-hydrogen) atoms. The normalized spacial score (nSPS) is 11.3. The van der Waals surface area contributed by atoms with Crippen LogP contribution < -0.4 is 0 Å². The maximum atomic E-state index is 11.5. The van der Waals surface area contributed by atoms with Gasteiger partial charge in [0.15, 0.2) is 0 Å². The molecule has 1 unspecified atom stereocenters. The van der Waals surface area contributed by atoms with Crippen molar-refractivity contribution >= 4 is 5.97 Å². The first-order chi connectivity index (χ1) is 11.2. The van der Waals surface area contributed by atoms with Crippen LogP contribution in [0.25, 0.3) is 0 Å². The maximum Gasteiger partial charge on any atom is 0.337 e. The molecule has 0 aliphatic heterocycles. The zero-order valence-corrected chi connectivity index (χ0v) is 12.8. The Balaban J connectivity index is 2.32. The molecule has 2 aromatic carbocycles. The highest BCUT2D eigenvalue weighted by atomic mass is 16.5. The third-order valence-corrected chi connectivity index (χ3v) is 3.74. The summed E-state index contributed by atoms with van der Waals surface area (Å²) >= 11 is 0. The molecule has 0 aliphatic carbocycles. The predicted molar refractivity (Wildman–Crippen MR) is 85.4 cm³/mol. The van der Waals surface area contributed by atoms with Crippen molar-refractivity contribution in [3.8, 4) is 12.1 Å². The number of methoxy groups -OCH3 is 1. The number of ether oxygens (including phenoxy) is 1. The van der Waals surface area contributed by atoms with Crippen LogP contribution in [0.2, 0.25) is 0 Å². The molecule has 114 valence electrons. The highest BCUT2D eigenvalue weighted by Gasteiger charge is 2.23. The Morgan fingerprint density at radius 2 is 1.65 bits per heavy atom. The molecule has 0 saturated carbocycles. The highest BCUT2D eigenvalue weighted by molar-refractivity contribution is 5.89. The predicted octanol–water partition coefficient (Wildman–Crippen LogP) is 3.46. The Bertz CT molecular complexity index is 726. The number of hydrogen-bond donors (Lipinski definition) is 0. The van der Waals surface area contributed by atoms with E-state index in [2.05, 4.69) is 16.9 Å². The van der Waals surface area contributed by atoms with Gasteiger partial charge in [-0.2, -0.15) is 10.5 Å². The number of hydrogen-bond acceptors (Lipinski definition) is 4. The first kappa shape index (κ1) is 16.3. The minimum atomic E-state index is -0.751. The van der Waals surface area contributed by atoms with E-state index in [0.717, 1.165) is 11.1 Å². The van der Waals surface area contributed by atoms with Gasteiger partial charge in [-0.1, -0.05) is 42.5 Å². The SMILES string of the molecule is COC(=O)c1ccc(C(Cc2ccccc2)C(C#N)C#N)cc1. The number of nitrogens with zero attached hydrogens (tertiary/aromatic N) is 2. The smallest absolute Gasteiger partial charge is 0.337 e. The molecule has 4 nitrogen and oxygen atoms in total. The van der Waals surface area contributed by atoms with Crippen LogP contribution in [-0.4, -0.2) is 13.1 Å². The molecule has 2 rings (SSSR count). The van der Waals surface area contributed by atoms with Crippen LogP contribution >= 0.6 is 0 Å². The quantitative estimate of drug-likeness (QED) is 0.793. The van der Waals surface area contributed by atoms with Crippen LogP contribution in [0.5, 0.6) is 0 Å². The Morgan fingerprint density at radius 3 is 2.17 bits per heavy atom. The van der Waals surface area contributed by atoms with Gasteiger partial charge >= 0.3 is 5.97 Å². The van der Waals surface area contributed by atoms with E-state index >= 15 is 0 Å². The Kier molecular flexibility index (Phi) is 5.50. The number of carbonyl (C=O) groups excluding carboxylic acids is 1. The lowest BCUT2D eigenvalue weighted by molar-refractivity contribution is 0.0600. The van der Waals surface area contributed by atoms with Crippen molar-refractivity contribution in [1.82, 2.24) is 0 Å². The van der Waals surface area contributed by atoms with Gasteiger partial charge in [0.25, 0.3) is 0 Å². The van der Waals surface area contributed by atoms with Gasteiger partial charge in [0.05, 0.1) is 24.8 Å². The van der Waals surface area contributed by atoms with Crippen molar-refractivity contribution in [3.63, 3.8) is 0 Å². The van der Waals surface area contributed by atoms with Crippen LogP contribution in [0.3, 0.4) is 0 Å². The van der Waals surface area contributed by atoms with Gasteiger partial charge in [-0.3, -0.25) is 0 Å². The summed E-state index contributed by atoms with van der Waals surface area (Å²) < 4.78 is 4.68. The summed E-state index contributed by atoms with van der Waals surface area (Å²) in [6, 6.07) is 20.7. The summed E-state index contributed by atoms with van der Waals surface area (Å²) in [5.74, 6) is -1.41. The molecule has 0 N–H and O–H groups in total. The van der Waals surface area contributed by atoms with E-state index in [1.165, 1.54) is 7.11 Å². The molecule has 0 saturated heterocycles. The minimum Gasteiger partial charge on any atom is -0.465 e. The monoisotopic (exact) mass is 304 g/mol. The van der Waals surface area contributed by atoms with E-state index in [-0.39, 0.29) is 5.92 Å². The van der Waals surface area contributed by atoms with Gasteiger partial charge in [-0.05, 0) is 29.7 Å². The lowest BCUT2D eigenvalue weighted by atomic mass is 9.82. The van der Waals surface area contributed by atoms with Crippen LogP contribution in [-0.2, 0) is 11.2 Å². The first-order valence-corrected chi connectivity index (χ1v) is 7.21. The van der Waals surface area contributed by atoms with Gasteiger partial charge in [0, 0.05) is 5.92 Å². The summed E-state index contributed by atoms with van der Waals surface area (Å²) in [6.45, 7) is 0. The fraction of sp³-hybridized carbons (Fsp3) is 0.211. The van der Waals surface area contributed by atoms with Gasteiger partial charge < -0.3 is 4.74 Å². The van der Waals surface area contributed by atoms with Gasteiger partial charge in [-0.25, -0.2) is 4.79 Å². The van der Waals surface area contributed by atoms with Crippen molar-refractivity contribution in [3.05, 3.63) is 71.3 Å². The van der Waals surface area contributed by atoms with Crippen LogP contribution in [0, 0.1) is 28.6 Å². The molecule has 2 aromatic rings. The molecular weight excluding hydrogens is 288 g/mol. The average Bonchev–Trinajstić information content (AvgIpc) is 2.62. The molecule has 1 atom stereocenters. The summed E-state index contributed by atoms with van der Waals surface area (Å²) in [6.07, 6.45) is 0.587. The van der Waals surface area contributed by atoms with Crippen molar-refractivity contribution in [2.24, 2.45) is 5.92 Å². The summed E-state index contributed by atoms with van der Waals surface area (Å²) in [4.78, 5) is 11.5. The zero-order valence-electron chi connectivity index (χ0n) is 12.8. The third-order valence-electron chi connectivity index (χ3n) is 3.74. The van der Waals surface area contributed by atoms with Crippen LogP contribution in [0.4, 0.5) is 0 Å². The van der Waals surface area contributed by atoms with E-state index in [1.807, 2.05) is 30.3 Å². The number of rotatable bonds is 5. The zero-order chi connectivity index (χ0) is 16.7. The second-order valence-corrected chi connectivity index (χ2v) is 5.15. The second-order valence-electron chi connectivity index (χ2n) is 5.15. The molecule has 4 heteroatoms. The molecule has 0 aliphatic rings. The molecule has 0 amide bonds. The number of esters is 1. The minimum absolute atomic E-state index is 0.251. The Morgan fingerprint density at radius 1 is 1.04 bits per heavy atom. The molecule has 0 aromatic heterocycles. The molecule has 0 radical (unpaired) electrons. The number of nitriles is 2. The maximum absolute atomic E-state index is 11.5. The standard InChI is InChI=1S/C19H16N2O2/c1-23-19(22)16-9-7-15(8-10-16)18(17(12-20)13-21)11-14-5-3-2-4-6-14/h2-10,17-18H,11H2,1H3. The third kappa shape index (κ3) is 3.96. The summed E-state index contributed by atoms with van der Waals surface area (Å²) in [5.41, 5.74) is 2.36.